The molecule has 11 nitrogen and oxygen atoms in total. The van der Waals surface area contributed by atoms with E-state index in [2.05, 4.69) is 25.8 Å². The van der Waals surface area contributed by atoms with Crippen LogP contribution in [0.1, 0.15) is 33.1 Å². The van der Waals surface area contributed by atoms with E-state index in [1.807, 2.05) is 5.32 Å². The lowest BCUT2D eigenvalue weighted by Gasteiger charge is -2.16. The molecule has 2 heterocycles. The van der Waals surface area contributed by atoms with E-state index >= 15 is 0 Å². The van der Waals surface area contributed by atoms with Crippen LogP contribution in [0.15, 0.2) is 35.0 Å². The van der Waals surface area contributed by atoms with E-state index in [1.54, 1.807) is 18.2 Å². The first-order chi connectivity index (χ1) is 17.2. The van der Waals surface area contributed by atoms with E-state index in [-0.39, 0.29) is 47.8 Å². The number of hydrogen-bond donors (Lipinski definition) is 4. The molecule has 1 saturated carbocycles. The van der Waals surface area contributed by atoms with E-state index in [0.29, 0.717) is 22.8 Å². The minimum absolute atomic E-state index is 0.0639. The van der Waals surface area contributed by atoms with Gasteiger partial charge in [-0.1, -0.05) is 11.2 Å². The minimum atomic E-state index is -2.71. The average molecular weight is 455 g/mol. The van der Waals surface area contributed by atoms with Crippen molar-refractivity contribution < 1.29 is 28.1 Å². The van der Waals surface area contributed by atoms with E-state index in [4.69, 9.17) is 18.5 Å². The van der Waals surface area contributed by atoms with Crippen LogP contribution in [0.5, 0.6) is 5.75 Å². The Morgan fingerprint density at radius 1 is 1.33 bits per heavy atom. The van der Waals surface area contributed by atoms with Gasteiger partial charge in [0.1, 0.15) is 5.82 Å². The number of nitrogens with zero attached hydrogens (tertiary/aromatic N) is 3. The minimum Gasteiger partial charge on any atom is -0.494 e. The van der Waals surface area contributed by atoms with E-state index in [9.17, 15) is 9.59 Å². The normalized spacial score (nSPS) is 14.5. The highest BCUT2D eigenvalue weighted by Crippen LogP contribution is 2.38. The van der Waals surface area contributed by atoms with Gasteiger partial charge in [-0.2, -0.15) is 4.98 Å². The van der Waals surface area contributed by atoms with Crippen LogP contribution in [0, 0.1) is 5.92 Å². The van der Waals surface area contributed by atoms with Gasteiger partial charge in [0.05, 0.1) is 36.2 Å². The number of pyridine rings is 1. The Morgan fingerprint density at radius 3 is 2.91 bits per heavy atom. The summed E-state index contributed by atoms with van der Waals surface area (Å²) >= 11 is 0. The number of anilines is 3. The average Bonchev–Trinajstić information content (AvgIpc) is 3.57. The van der Waals surface area contributed by atoms with Crippen molar-refractivity contribution in [1.82, 2.24) is 20.4 Å². The van der Waals surface area contributed by atoms with E-state index < -0.39 is 12.9 Å². The van der Waals surface area contributed by atoms with Crippen LogP contribution in [0.25, 0.3) is 11.5 Å². The molecule has 0 aliphatic heterocycles. The predicted octanol–water partition coefficient (Wildman–Crippen LogP) is 2.13. The summed E-state index contributed by atoms with van der Waals surface area (Å²) in [6.07, 6.45) is 3.00. The number of rotatable bonds is 9. The van der Waals surface area contributed by atoms with Crippen molar-refractivity contribution in [2.75, 3.05) is 31.3 Å². The van der Waals surface area contributed by atoms with Crippen LogP contribution in [0.3, 0.4) is 0 Å². The molecule has 1 aromatic carbocycles. The van der Waals surface area contributed by atoms with Crippen molar-refractivity contribution in [2.24, 2.45) is 5.92 Å². The summed E-state index contributed by atoms with van der Waals surface area (Å²) in [6, 6.07) is 6.49. The molecule has 0 saturated heterocycles. The van der Waals surface area contributed by atoms with Gasteiger partial charge in [-0.05, 0) is 25.0 Å². The summed E-state index contributed by atoms with van der Waals surface area (Å²) in [6.45, 7) is -2.85. The topological polar surface area (TPSA) is 151 Å². The van der Waals surface area contributed by atoms with Crippen LogP contribution in [0.2, 0.25) is 0 Å². The Balaban J connectivity index is 1.70. The lowest BCUT2D eigenvalue weighted by molar-refractivity contribution is -0.117. The van der Waals surface area contributed by atoms with Crippen LogP contribution in [-0.4, -0.2) is 52.7 Å². The Kier molecular flexibility index (Phi) is 5.43. The van der Waals surface area contributed by atoms with Crippen LogP contribution in [-0.2, 0) is 11.2 Å². The summed E-state index contributed by atoms with van der Waals surface area (Å²) < 4.78 is 32.9. The van der Waals surface area contributed by atoms with Crippen molar-refractivity contribution in [3.63, 3.8) is 0 Å². The molecule has 11 heteroatoms. The number of carbonyl (C=O) groups excluding carboxylic acids is 2. The van der Waals surface area contributed by atoms with Crippen molar-refractivity contribution in [1.29, 1.82) is 0 Å². The number of ether oxygens (including phenoxy) is 1. The van der Waals surface area contributed by atoms with E-state index in [1.165, 1.54) is 19.4 Å². The van der Waals surface area contributed by atoms with Gasteiger partial charge >= 0.3 is 0 Å². The van der Waals surface area contributed by atoms with Crippen LogP contribution in [0.4, 0.5) is 17.2 Å². The number of benzene rings is 1. The largest absolute Gasteiger partial charge is 0.494 e. The third-order valence-corrected chi connectivity index (χ3v) is 4.98. The molecule has 0 bridgehead atoms. The molecule has 0 spiro atoms. The number of aromatic nitrogens is 3. The third-order valence-electron chi connectivity index (χ3n) is 4.98. The highest BCUT2D eigenvalue weighted by molar-refractivity contribution is 6.01. The summed E-state index contributed by atoms with van der Waals surface area (Å²) in [5, 5.41) is 20.6. The highest BCUT2D eigenvalue weighted by Gasteiger charge is 2.30. The molecule has 4 rings (SSSR count). The molecule has 0 atom stereocenters. The number of aliphatic hydroxyl groups excluding tert-OH is 1. The number of aliphatic hydroxyl groups is 1. The molecule has 0 radical (unpaired) electrons. The molecule has 172 valence electrons. The lowest BCUT2D eigenvalue weighted by Crippen LogP contribution is -2.20. The third kappa shape index (κ3) is 4.93. The quantitative estimate of drug-likeness (QED) is 0.380. The van der Waals surface area contributed by atoms with Gasteiger partial charge in [-0.3, -0.25) is 9.59 Å². The van der Waals surface area contributed by atoms with Gasteiger partial charge in [0, 0.05) is 35.7 Å². The first kappa shape index (κ1) is 18.6. The fourth-order valence-corrected chi connectivity index (χ4v) is 3.18. The van der Waals surface area contributed by atoms with E-state index in [0.717, 1.165) is 12.8 Å². The second-order valence-corrected chi connectivity index (χ2v) is 7.33. The zero-order valence-electron chi connectivity index (χ0n) is 20.7. The van der Waals surface area contributed by atoms with Gasteiger partial charge < -0.3 is 30.3 Å². The lowest BCUT2D eigenvalue weighted by atomic mass is 10.1. The molecular weight excluding hydrogens is 428 g/mol. The second-order valence-electron chi connectivity index (χ2n) is 7.33. The summed E-state index contributed by atoms with van der Waals surface area (Å²) in [7, 11) is 1.44. The molecular formula is C22H24N6O5. The molecule has 0 unspecified atom stereocenters. The number of hydrogen-bond acceptors (Lipinski definition) is 9. The molecule has 33 heavy (non-hydrogen) atoms. The zero-order chi connectivity index (χ0) is 25.9. The maximum absolute atomic E-state index is 12.7. The Morgan fingerprint density at radius 2 is 2.18 bits per heavy atom. The second kappa shape index (κ2) is 9.65. The highest BCUT2D eigenvalue weighted by atomic mass is 16.5. The van der Waals surface area contributed by atoms with Gasteiger partial charge in [-0.15, -0.1) is 0 Å². The summed E-state index contributed by atoms with van der Waals surface area (Å²) in [5.41, 5.74) is 0.959. The van der Waals surface area contributed by atoms with Gasteiger partial charge in [0.2, 0.25) is 5.91 Å². The Hall–Kier alpha value is -3.99. The van der Waals surface area contributed by atoms with Crippen LogP contribution < -0.4 is 20.7 Å². The monoisotopic (exact) mass is 455 g/mol. The molecule has 4 N–H and O–H groups in total. The molecule has 1 aliphatic rings. The fourth-order valence-electron chi connectivity index (χ4n) is 3.18. The fraction of sp³-hybridized carbons (Fsp3) is 0.318. The smallest absolute Gasteiger partial charge is 0.261 e. The Bertz CT molecular complexity index is 1280. The molecule has 3 aromatic rings. The Labute approximate surface area is 193 Å². The predicted molar refractivity (Wildman–Crippen MR) is 119 cm³/mol. The summed E-state index contributed by atoms with van der Waals surface area (Å²) in [5.74, 6) is -0.148. The number of methoxy groups -OCH3 is 1. The van der Waals surface area contributed by atoms with Crippen molar-refractivity contribution in [2.45, 2.75) is 19.3 Å². The van der Waals surface area contributed by atoms with Crippen molar-refractivity contribution >= 4 is 29.0 Å². The maximum Gasteiger partial charge on any atom is 0.261 e. The first-order valence-electron chi connectivity index (χ1n) is 11.7. The maximum atomic E-state index is 12.7. The SMILES string of the molecule is [2H]C([2H])([2H])NC(=O)c1cnc(NC(=O)C2CC2)cc1Nc1cccc(-c2nc(CCO)no2)c1OC. The van der Waals surface area contributed by atoms with Crippen molar-refractivity contribution in [3.05, 3.63) is 41.9 Å². The standard InChI is InChI=1S/C22H24N6O5/c1-23-21(31)14-11-24-18(26-20(30)12-6-7-12)10-16(14)25-15-5-3-4-13(19(15)32-2)22-27-17(8-9-29)28-33-22/h3-5,10-12,29H,6-9H2,1-2H3,(H,23,31)(H2,24,25,26,30)/i1D3. The molecule has 2 amide bonds. The number of carbonyl (C=O) groups is 2. The summed E-state index contributed by atoms with van der Waals surface area (Å²) in [4.78, 5) is 33.3. The first-order valence-corrected chi connectivity index (χ1v) is 10.2. The number of nitrogens with one attached hydrogen (secondary N) is 3. The van der Waals surface area contributed by atoms with Gasteiger partial charge in [0.15, 0.2) is 11.6 Å². The van der Waals surface area contributed by atoms with Crippen molar-refractivity contribution in [3.8, 4) is 17.2 Å². The molecule has 1 aliphatic carbocycles. The number of amides is 2. The van der Waals surface area contributed by atoms with Gasteiger partial charge in [0.25, 0.3) is 11.8 Å². The van der Waals surface area contributed by atoms with Gasteiger partial charge in [-0.25, -0.2) is 4.98 Å². The molecule has 2 aromatic heterocycles. The zero-order valence-corrected chi connectivity index (χ0v) is 17.7. The van der Waals surface area contributed by atoms with Crippen LogP contribution >= 0.6 is 0 Å². The number of para-hydroxylation sites is 1. The molecule has 1 fully saturated rings.